The van der Waals surface area contributed by atoms with E-state index in [2.05, 4.69) is 5.32 Å². The predicted octanol–water partition coefficient (Wildman–Crippen LogP) is 4.03. The lowest BCUT2D eigenvalue weighted by molar-refractivity contribution is 0.394. The van der Waals surface area contributed by atoms with Gasteiger partial charge in [-0.1, -0.05) is 11.6 Å². The van der Waals surface area contributed by atoms with Crippen molar-refractivity contribution in [1.82, 2.24) is 0 Å². The molecule has 0 spiro atoms. The molecule has 0 saturated carbocycles. The molecule has 18 heavy (non-hydrogen) atoms. The fraction of sp³-hybridized carbons (Fsp3) is 0.231. The van der Waals surface area contributed by atoms with Crippen LogP contribution in [0.1, 0.15) is 4.88 Å². The van der Waals surface area contributed by atoms with Crippen LogP contribution in [-0.4, -0.2) is 14.2 Å². The molecule has 0 bridgehead atoms. The SMILES string of the molecule is COc1cc(NCc2ccc(Cl)s2)cc(OC)c1. The molecule has 0 radical (unpaired) electrons. The van der Waals surface area contributed by atoms with Crippen molar-refractivity contribution >= 4 is 28.6 Å². The van der Waals surface area contributed by atoms with Crippen LogP contribution in [0.2, 0.25) is 4.34 Å². The van der Waals surface area contributed by atoms with Gasteiger partial charge in [-0.25, -0.2) is 0 Å². The molecule has 0 amide bonds. The van der Waals surface area contributed by atoms with E-state index in [-0.39, 0.29) is 0 Å². The molecule has 3 nitrogen and oxygen atoms in total. The molecule has 0 aliphatic heterocycles. The fourth-order valence-electron chi connectivity index (χ4n) is 1.55. The molecule has 0 fully saturated rings. The van der Waals surface area contributed by atoms with E-state index >= 15 is 0 Å². The van der Waals surface area contributed by atoms with E-state index in [1.54, 1.807) is 25.6 Å². The summed E-state index contributed by atoms with van der Waals surface area (Å²) in [7, 11) is 3.27. The number of methoxy groups -OCH3 is 2. The summed E-state index contributed by atoms with van der Waals surface area (Å²) in [6, 6.07) is 9.61. The molecular formula is C13H14ClNO2S. The second-order valence-electron chi connectivity index (χ2n) is 3.66. The third-order valence-corrected chi connectivity index (χ3v) is 3.68. The van der Waals surface area contributed by atoms with Crippen LogP contribution in [0.5, 0.6) is 11.5 Å². The second-order valence-corrected chi connectivity index (χ2v) is 5.46. The van der Waals surface area contributed by atoms with Gasteiger partial charge in [-0.15, -0.1) is 11.3 Å². The van der Waals surface area contributed by atoms with Gasteiger partial charge in [-0.2, -0.15) is 0 Å². The molecule has 0 aliphatic rings. The lowest BCUT2D eigenvalue weighted by Gasteiger charge is -2.09. The first kappa shape index (κ1) is 13.1. The number of ether oxygens (including phenoxy) is 2. The molecule has 1 N–H and O–H groups in total. The quantitative estimate of drug-likeness (QED) is 0.899. The lowest BCUT2D eigenvalue weighted by Crippen LogP contribution is -1.98. The Labute approximate surface area is 115 Å². The molecule has 1 heterocycles. The first-order chi connectivity index (χ1) is 8.71. The van der Waals surface area contributed by atoms with Crippen LogP contribution in [0.3, 0.4) is 0 Å². The van der Waals surface area contributed by atoms with E-state index < -0.39 is 0 Å². The van der Waals surface area contributed by atoms with E-state index in [9.17, 15) is 0 Å². The normalized spacial score (nSPS) is 10.2. The number of rotatable bonds is 5. The topological polar surface area (TPSA) is 30.5 Å². The maximum atomic E-state index is 5.89. The fourth-order valence-corrected chi connectivity index (χ4v) is 2.57. The Morgan fingerprint density at radius 1 is 1.11 bits per heavy atom. The Hall–Kier alpha value is -1.39. The van der Waals surface area contributed by atoms with Crippen molar-refractivity contribution in [3.8, 4) is 11.5 Å². The van der Waals surface area contributed by atoms with Crippen LogP contribution in [0.25, 0.3) is 0 Å². The molecule has 0 atom stereocenters. The van der Waals surface area contributed by atoms with E-state index in [1.165, 1.54) is 4.88 Å². The average molecular weight is 284 g/mol. The van der Waals surface area contributed by atoms with Crippen LogP contribution < -0.4 is 14.8 Å². The summed E-state index contributed by atoms with van der Waals surface area (Å²) in [5.41, 5.74) is 0.954. The van der Waals surface area contributed by atoms with Crippen molar-refractivity contribution < 1.29 is 9.47 Å². The molecule has 0 aliphatic carbocycles. The van der Waals surface area contributed by atoms with Crippen LogP contribution in [0, 0.1) is 0 Å². The van der Waals surface area contributed by atoms with E-state index in [4.69, 9.17) is 21.1 Å². The van der Waals surface area contributed by atoms with Gasteiger partial charge in [0.25, 0.3) is 0 Å². The highest BCUT2D eigenvalue weighted by Gasteiger charge is 2.03. The van der Waals surface area contributed by atoms with Crippen LogP contribution in [-0.2, 0) is 6.54 Å². The van der Waals surface area contributed by atoms with Gasteiger partial charge < -0.3 is 14.8 Å². The monoisotopic (exact) mass is 283 g/mol. The first-order valence-corrected chi connectivity index (χ1v) is 6.62. The molecule has 0 unspecified atom stereocenters. The second kappa shape index (κ2) is 5.98. The Morgan fingerprint density at radius 3 is 2.28 bits per heavy atom. The average Bonchev–Trinajstić information content (AvgIpc) is 2.81. The van der Waals surface area contributed by atoms with E-state index in [1.807, 2.05) is 30.3 Å². The highest BCUT2D eigenvalue weighted by molar-refractivity contribution is 7.16. The standard InChI is InChI=1S/C13H14ClNO2S/c1-16-10-5-9(6-11(7-10)17-2)15-8-12-3-4-13(14)18-12/h3-7,15H,8H2,1-2H3. The Morgan fingerprint density at radius 2 is 1.78 bits per heavy atom. The summed E-state index contributed by atoms with van der Waals surface area (Å²) in [4.78, 5) is 1.18. The number of benzene rings is 1. The van der Waals surface area contributed by atoms with Gasteiger partial charge in [-0.05, 0) is 12.1 Å². The zero-order valence-corrected chi connectivity index (χ0v) is 11.8. The molecule has 1 aromatic carbocycles. The largest absolute Gasteiger partial charge is 0.497 e. The number of anilines is 1. The summed E-state index contributed by atoms with van der Waals surface area (Å²) >= 11 is 7.46. The molecule has 2 rings (SSSR count). The molecule has 0 saturated heterocycles. The van der Waals surface area contributed by atoms with Gasteiger partial charge in [0.15, 0.2) is 0 Å². The summed E-state index contributed by atoms with van der Waals surface area (Å²) in [5, 5.41) is 3.32. The number of nitrogens with one attached hydrogen (secondary N) is 1. The molecule has 1 aromatic heterocycles. The van der Waals surface area contributed by atoms with E-state index in [0.717, 1.165) is 28.1 Å². The Bertz CT molecular complexity index is 505. The number of halogens is 1. The smallest absolute Gasteiger partial charge is 0.124 e. The summed E-state index contributed by atoms with van der Waals surface area (Å²) in [6.07, 6.45) is 0. The zero-order valence-electron chi connectivity index (χ0n) is 10.2. The number of hydrogen-bond acceptors (Lipinski definition) is 4. The van der Waals surface area contributed by atoms with Gasteiger partial charge in [0.1, 0.15) is 11.5 Å². The highest BCUT2D eigenvalue weighted by Crippen LogP contribution is 2.27. The maximum Gasteiger partial charge on any atom is 0.124 e. The van der Waals surface area contributed by atoms with Crippen molar-refractivity contribution in [3.05, 3.63) is 39.5 Å². The third kappa shape index (κ3) is 3.31. The maximum absolute atomic E-state index is 5.89. The van der Waals surface area contributed by atoms with Crippen LogP contribution in [0.4, 0.5) is 5.69 Å². The van der Waals surface area contributed by atoms with Crippen LogP contribution >= 0.6 is 22.9 Å². The molecule has 96 valence electrons. The minimum atomic E-state index is 0.730. The minimum Gasteiger partial charge on any atom is -0.497 e. The van der Waals surface area contributed by atoms with Crippen molar-refractivity contribution in [2.45, 2.75) is 6.54 Å². The first-order valence-electron chi connectivity index (χ1n) is 5.42. The van der Waals surface area contributed by atoms with Gasteiger partial charge >= 0.3 is 0 Å². The van der Waals surface area contributed by atoms with E-state index in [0.29, 0.717) is 0 Å². The lowest BCUT2D eigenvalue weighted by atomic mass is 10.2. The van der Waals surface area contributed by atoms with Crippen molar-refractivity contribution in [1.29, 1.82) is 0 Å². The summed E-state index contributed by atoms with van der Waals surface area (Å²) in [5.74, 6) is 1.53. The van der Waals surface area contributed by atoms with Gasteiger partial charge in [-0.3, -0.25) is 0 Å². The van der Waals surface area contributed by atoms with Gasteiger partial charge in [0.2, 0.25) is 0 Å². The third-order valence-electron chi connectivity index (χ3n) is 2.45. The number of thiophene rings is 1. The summed E-state index contributed by atoms with van der Waals surface area (Å²) < 4.78 is 11.2. The molecule has 2 aromatic rings. The Balaban J connectivity index is 2.08. The van der Waals surface area contributed by atoms with Gasteiger partial charge in [0, 0.05) is 35.3 Å². The van der Waals surface area contributed by atoms with Crippen molar-refractivity contribution in [3.63, 3.8) is 0 Å². The molecule has 5 heteroatoms. The number of hydrogen-bond donors (Lipinski definition) is 1. The van der Waals surface area contributed by atoms with Gasteiger partial charge in [0.05, 0.1) is 18.6 Å². The predicted molar refractivity (Wildman–Crippen MR) is 76.2 cm³/mol. The minimum absolute atomic E-state index is 0.730. The summed E-state index contributed by atoms with van der Waals surface area (Å²) in [6.45, 7) is 0.730. The Kier molecular flexibility index (Phi) is 4.33. The zero-order chi connectivity index (χ0) is 13.0. The van der Waals surface area contributed by atoms with Crippen molar-refractivity contribution in [2.75, 3.05) is 19.5 Å². The molecular weight excluding hydrogens is 270 g/mol. The van der Waals surface area contributed by atoms with Crippen LogP contribution in [0.15, 0.2) is 30.3 Å². The van der Waals surface area contributed by atoms with Crippen molar-refractivity contribution in [2.24, 2.45) is 0 Å². The highest BCUT2D eigenvalue weighted by atomic mass is 35.5.